The zero-order valence-corrected chi connectivity index (χ0v) is 20.5. The van der Waals surface area contributed by atoms with Crippen molar-refractivity contribution in [3.63, 3.8) is 0 Å². The molecule has 2 aliphatic heterocycles. The molecule has 1 saturated carbocycles. The average molecular weight is 468 g/mol. The molecule has 0 atom stereocenters. The fourth-order valence-corrected chi connectivity index (χ4v) is 5.40. The van der Waals surface area contributed by atoms with E-state index in [9.17, 15) is 9.59 Å². The van der Waals surface area contributed by atoms with E-state index in [0.29, 0.717) is 18.1 Å². The van der Waals surface area contributed by atoms with Gasteiger partial charge in [-0.25, -0.2) is 4.79 Å². The molecule has 0 unspecified atom stereocenters. The summed E-state index contributed by atoms with van der Waals surface area (Å²) in [4.78, 5) is 28.9. The van der Waals surface area contributed by atoms with Crippen LogP contribution in [-0.2, 0) is 20.5 Å². The molecular weight excluding hydrogens is 438 g/mol. The van der Waals surface area contributed by atoms with Gasteiger partial charge in [0.15, 0.2) is 0 Å². The van der Waals surface area contributed by atoms with E-state index in [1.54, 1.807) is 9.80 Å². The van der Waals surface area contributed by atoms with Gasteiger partial charge in [0, 0.05) is 23.4 Å². The van der Waals surface area contributed by atoms with E-state index in [2.05, 4.69) is 23.5 Å². The molecule has 6 nitrogen and oxygen atoms in total. The molecule has 0 radical (unpaired) electrons. The molecular formula is C26H30ClN3O3. The highest BCUT2D eigenvalue weighted by Gasteiger charge is 2.58. The summed E-state index contributed by atoms with van der Waals surface area (Å²) in [6.45, 7) is 8.52. The van der Waals surface area contributed by atoms with E-state index in [1.807, 2.05) is 52.9 Å². The number of benzene rings is 2. The second-order valence-electron chi connectivity index (χ2n) is 10.6. The molecule has 33 heavy (non-hydrogen) atoms. The van der Waals surface area contributed by atoms with E-state index in [-0.39, 0.29) is 17.4 Å². The maximum atomic E-state index is 12.8. The fourth-order valence-electron chi connectivity index (χ4n) is 5.23. The van der Waals surface area contributed by atoms with Crippen molar-refractivity contribution in [1.29, 1.82) is 0 Å². The van der Waals surface area contributed by atoms with Gasteiger partial charge in [0.25, 0.3) is 0 Å². The van der Waals surface area contributed by atoms with Crippen LogP contribution in [0.2, 0.25) is 5.02 Å². The number of ether oxygens (including phenoxy) is 1. The van der Waals surface area contributed by atoms with Crippen LogP contribution in [0.1, 0.15) is 50.3 Å². The van der Waals surface area contributed by atoms with Gasteiger partial charge in [-0.05, 0) is 75.4 Å². The van der Waals surface area contributed by atoms with Crippen molar-refractivity contribution in [3.8, 4) is 0 Å². The van der Waals surface area contributed by atoms with Crippen molar-refractivity contribution in [1.82, 2.24) is 4.90 Å². The standard InChI is InChI=1S/C26H30ClN3O3/c1-16-18(7-6-8-20(16)27)26(14-30(15-26)23(32)33-24(2,3)4)28-17-9-10-19-21(13-17)29(5)22(31)25(19)11-12-25/h6-10,13,28H,11-12,14-15H2,1-5H3. The molecule has 174 valence electrons. The zero-order chi connectivity index (χ0) is 23.8. The highest BCUT2D eigenvalue weighted by Crippen LogP contribution is 2.57. The van der Waals surface area contributed by atoms with E-state index < -0.39 is 11.1 Å². The third-order valence-electron chi connectivity index (χ3n) is 7.08. The van der Waals surface area contributed by atoms with E-state index >= 15 is 0 Å². The van der Waals surface area contributed by atoms with Gasteiger partial charge in [0.1, 0.15) is 5.60 Å². The van der Waals surface area contributed by atoms with Gasteiger partial charge in [-0.2, -0.15) is 0 Å². The van der Waals surface area contributed by atoms with Gasteiger partial charge in [0.05, 0.1) is 24.0 Å². The van der Waals surface area contributed by atoms with Crippen molar-refractivity contribution < 1.29 is 14.3 Å². The Labute approximate surface area is 199 Å². The molecule has 2 aromatic rings. The molecule has 1 aliphatic carbocycles. The first-order chi connectivity index (χ1) is 15.5. The number of amides is 2. The third-order valence-corrected chi connectivity index (χ3v) is 7.49. The number of rotatable bonds is 3. The molecule has 7 heteroatoms. The largest absolute Gasteiger partial charge is 0.444 e. The molecule has 2 aromatic carbocycles. The molecule has 2 heterocycles. The number of nitrogens with one attached hydrogen (secondary N) is 1. The smallest absolute Gasteiger partial charge is 0.410 e. The summed E-state index contributed by atoms with van der Waals surface area (Å²) in [5.74, 6) is 0.190. The summed E-state index contributed by atoms with van der Waals surface area (Å²) in [5.41, 5.74) is 3.69. The minimum absolute atomic E-state index is 0.190. The molecule has 3 aliphatic rings. The van der Waals surface area contributed by atoms with Crippen LogP contribution in [0.3, 0.4) is 0 Å². The number of carbonyl (C=O) groups is 2. The predicted molar refractivity (Wildman–Crippen MR) is 130 cm³/mol. The minimum Gasteiger partial charge on any atom is -0.444 e. The SMILES string of the molecule is Cc1c(Cl)cccc1C1(Nc2ccc3c(c2)N(C)C(=O)C32CC2)CN(C(=O)OC(C)(C)C)C1. The van der Waals surface area contributed by atoms with Crippen LogP contribution in [0.15, 0.2) is 36.4 Å². The minimum atomic E-state index is -0.551. The average Bonchev–Trinajstić information content (AvgIpc) is 3.48. The lowest BCUT2D eigenvalue weighted by Crippen LogP contribution is -2.65. The summed E-state index contributed by atoms with van der Waals surface area (Å²) < 4.78 is 5.58. The summed E-state index contributed by atoms with van der Waals surface area (Å²) in [6, 6.07) is 12.1. The number of hydrogen-bond acceptors (Lipinski definition) is 4. The number of likely N-dealkylation sites (N-methyl/N-ethyl adjacent to an activating group) is 1. The lowest BCUT2D eigenvalue weighted by atomic mass is 9.80. The van der Waals surface area contributed by atoms with Crippen molar-refractivity contribution in [2.45, 2.75) is 57.1 Å². The van der Waals surface area contributed by atoms with Gasteiger partial charge >= 0.3 is 6.09 Å². The van der Waals surface area contributed by atoms with Gasteiger partial charge in [-0.15, -0.1) is 0 Å². The monoisotopic (exact) mass is 467 g/mol. The van der Waals surface area contributed by atoms with Crippen LogP contribution >= 0.6 is 11.6 Å². The van der Waals surface area contributed by atoms with Crippen LogP contribution in [0.5, 0.6) is 0 Å². The van der Waals surface area contributed by atoms with Crippen molar-refractivity contribution in [3.05, 3.63) is 58.1 Å². The number of halogens is 1. The second kappa shape index (κ2) is 7.13. The number of nitrogens with zero attached hydrogens (tertiary/aromatic N) is 2. The highest BCUT2D eigenvalue weighted by molar-refractivity contribution is 6.31. The Bertz CT molecular complexity index is 1160. The number of likely N-dealkylation sites (tertiary alicyclic amines) is 1. The first-order valence-electron chi connectivity index (χ1n) is 11.4. The van der Waals surface area contributed by atoms with E-state index in [1.165, 1.54) is 0 Å². The Morgan fingerprint density at radius 1 is 1.12 bits per heavy atom. The maximum Gasteiger partial charge on any atom is 0.410 e. The first-order valence-corrected chi connectivity index (χ1v) is 11.8. The molecule has 0 bridgehead atoms. The third kappa shape index (κ3) is 3.46. The topological polar surface area (TPSA) is 61.9 Å². The molecule has 2 fully saturated rings. The molecule has 1 spiro atoms. The summed E-state index contributed by atoms with van der Waals surface area (Å²) in [7, 11) is 1.85. The summed E-state index contributed by atoms with van der Waals surface area (Å²) in [5, 5.41) is 4.38. The van der Waals surface area contributed by atoms with Crippen LogP contribution in [0.25, 0.3) is 0 Å². The molecule has 5 rings (SSSR count). The maximum absolute atomic E-state index is 12.8. The predicted octanol–water partition coefficient (Wildman–Crippen LogP) is 5.21. The van der Waals surface area contributed by atoms with Crippen LogP contribution in [0.4, 0.5) is 16.2 Å². The Morgan fingerprint density at radius 2 is 1.82 bits per heavy atom. The lowest BCUT2D eigenvalue weighted by molar-refractivity contribution is -0.119. The van der Waals surface area contributed by atoms with Crippen molar-refractivity contribution in [2.75, 3.05) is 30.4 Å². The number of carbonyl (C=O) groups excluding carboxylic acids is 2. The number of hydrogen-bond donors (Lipinski definition) is 1. The second-order valence-corrected chi connectivity index (χ2v) is 11.0. The van der Waals surface area contributed by atoms with Gasteiger partial charge < -0.3 is 19.9 Å². The van der Waals surface area contributed by atoms with Crippen LogP contribution in [0, 0.1) is 6.92 Å². The van der Waals surface area contributed by atoms with E-state index in [4.69, 9.17) is 16.3 Å². The van der Waals surface area contributed by atoms with Crippen LogP contribution < -0.4 is 10.2 Å². The fraction of sp³-hybridized carbons (Fsp3) is 0.462. The quantitative estimate of drug-likeness (QED) is 0.672. The number of anilines is 2. The molecule has 1 N–H and O–H groups in total. The lowest BCUT2D eigenvalue weighted by Gasteiger charge is -2.51. The van der Waals surface area contributed by atoms with Crippen molar-refractivity contribution in [2.24, 2.45) is 0 Å². The van der Waals surface area contributed by atoms with E-state index in [0.717, 1.165) is 40.9 Å². The Morgan fingerprint density at radius 3 is 2.45 bits per heavy atom. The van der Waals surface area contributed by atoms with Crippen LogP contribution in [-0.4, -0.2) is 42.6 Å². The van der Waals surface area contributed by atoms with Crippen molar-refractivity contribution >= 4 is 35.0 Å². The normalized spacial score (nSPS) is 19.9. The molecule has 1 saturated heterocycles. The highest BCUT2D eigenvalue weighted by atomic mass is 35.5. The summed E-state index contributed by atoms with van der Waals surface area (Å²) >= 11 is 6.46. The Kier molecular flexibility index (Phi) is 4.77. The number of fused-ring (bicyclic) bond motifs is 2. The molecule has 0 aromatic heterocycles. The Balaban J connectivity index is 1.47. The van der Waals surface area contributed by atoms with Gasteiger partial charge in [0.2, 0.25) is 5.91 Å². The summed E-state index contributed by atoms with van der Waals surface area (Å²) in [6.07, 6.45) is 1.52. The first kappa shape index (κ1) is 22.1. The Hall–Kier alpha value is -2.73. The molecule has 2 amide bonds. The zero-order valence-electron chi connectivity index (χ0n) is 19.8. The van der Waals surface area contributed by atoms with Gasteiger partial charge in [-0.3, -0.25) is 4.79 Å². The van der Waals surface area contributed by atoms with Gasteiger partial charge in [-0.1, -0.05) is 29.8 Å².